The molecule has 0 aromatic rings. The maximum Gasteiger partial charge on any atom is 0.169 e. The Morgan fingerprint density at radius 3 is 2.75 bits per heavy atom. The fraction of sp³-hybridized carbons (Fsp3) is 1.00. The van der Waals surface area contributed by atoms with E-state index in [9.17, 15) is 5.21 Å². The van der Waals surface area contributed by atoms with E-state index in [0.717, 1.165) is 19.4 Å². The second-order valence-electron chi connectivity index (χ2n) is 4.69. The van der Waals surface area contributed by atoms with Gasteiger partial charge in [0.15, 0.2) is 5.72 Å². The second-order valence-corrected chi connectivity index (χ2v) is 4.69. The summed E-state index contributed by atoms with van der Waals surface area (Å²) in [5.74, 6) is 0. The average molecular weight is 230 g/mol. The lowest BCUT2D eigenvalue weighted by Gasteiger charge is -2.42. The molecule has 1 fully saturated rings. The van der Waals surface area contributed by atoms with Gasteiger partial charge in [0.1, 0.15) is 13.1 Å². The predicted octanol–water partition coefficient (Wildman–Crippen LogP) is 0.676. The van der Waals surface area contributed by atoms with Crippen molar-refractivity contribution in [2.45, 2.75) is 51.7 Å². The molecule has 1 saturated heterocycles. The van der Waals surface area contributed by atoms with Crippen molar-refractivity contribution in [3.63, 3.8) is 0 Å². The van der Waals surface area contributed by atoms with Crippen LogP contribution in [-0.4, -0.2) is 32.0 Å². The van der Waals surface area contributed by atoms with Crippen LogP contribution in [0.15, 0.2) is 0 Å². The smallest absolute Gasteiger partial charge is 0.169 e. The van der Waals surface area contributed by atoms with Gasteiger partial charge in [-0.15, -0.1) is 0 Å². The zero-order chi connectivity index (χ0) is 11.9. The summed E-state index contributed by atoms with van der Waals surface area (Å²) in [5.41, 5.74) is -0.349. The zero-order valence-electron chi connectivity index (χ0n) is 10.7. The van der Waals surface area contributed by atoms with Gasteiger partial charge in [-0.2, -0.15) is 0 Å². The highest BCUT2D eigenvalue weighted by molar-refractivity contribution is 4.79. The van der Waals surface area contributed by atoms with E-state index in [2.05, 4.69) is 19.2 Å². The Balaban J connectivity index is 2.38. The van der Waals surface area contributed by atoms with Gasteiger partial charge in [0.05, 0.1) is 6.61 Å². The number of nitrogens with one attached hydrogen (secondary N) is 2. The Morgan fingerprint density at radius 2 is 2.12 bits per heavy atom. The third-order valence-electron chi connectivity index (χ3n) is 3.12. The third-order valence-corrected chi connectivity index (χ3v) is 3.12. The summed E-state index contributed by atoms with van der Waals surface area (Å²) < 4.78 is 5.82. The molecule has 0 aromatic heterocycles. The highest BCUT2D eigenvalue weighted by Crippen LogP contribution is 2.15. The molecule has 2 atom stereocenters. The predicted molar refractivity (Wildman–Crippen MR) is 65.2 cm³/mol. The molecule has 2 N–H and O–H groups in total. The van der Waals surface area contributed by atoms with Gasteiger partial charge >= 0.3 is 0 Å². The number of ether oxygens (including phenoxy) is 1. The first kappa shape index (κ1) is 13.9. The lowest BCUT2D eigenvalue weighted by Crippen LogP contribution is -3.12. The van der Waals surface area contributed by atoms with E-state index in [1.54, 1.807) is 0 Å². The van der Waals surface area contributed by atoms with Crippen LogP contribution in [0.3, 0.4) is 0 Å². The number of hydrogen-bond donors (Lipinski definition) is 2. The number of hydroxylamine groups is 2. The Labute approximate surface area is 98.9 Å². The lowest BCUT2D eigenvalue weighted by molar-refractivity contribution is -0.867. The molecular formula is C12H26N2O2. The van der Waals surface area contributed by atoms with Crippen molar-refractivity contribution >= 4 is 0 Å². The van der Waals surface area contributed by atoms with Crippen molar-refractivity contribution in [1.82, 2.24) is 5.32 Å². The lowest BCUT2D eigenvalue weighted by atomic mass is 10.1. The highest BCUT2D eigenvalue weighted by atomic mass is 16.6. The molecule has 0 radical (unpaired) electrons. The summed E-state index contributed by atoms with van der Waals surface area (Å²) in [6, 6.07) is 0. The molecule has 0 saturated carbocycles. The van der Waals surface area contributed by atoms with Crippen LogP contribution in [0.1, 0.15) is 46.0 Å². The Morgan fingerprint density at radius 1 is 1.31 bits per heavy atom. The quantitative estimate of drug-likeness (QED) is 0.499. The maximum absolute atomic E-state index is 11.5. The van der Waals surface area contributed by atoms with Gasteiger partial charge in [-0.3, -0.25) is 5.32 Å². The molecule has 16 heavy (non-hydrogen) atoms. The molecule has 1 heterocycles. The average Bonchev–Trinajstić information content (AvgIpc) is 2.25. The van der Waals surface area contributed by atoms with Gasteiger partial charge in [0, 0.05) is 0 Å². The minimum Gasteiger partial charge on any atom is -0.634 e. The number of quaternary nitrogens is 1. The van der Waals surface area contributed by atoms with Gasteiger partial charge in [0.2, 0.25) is 0 Å². The van der Waals surface area contributed by atoms with Crippen LogP contribution >= 0.6 is 0 Å². The van der Waals surface area contributed by atoms with Gasteiger partial charge in [-0.1, -0.05) is 33.1 Å². The van der Waals surface area contributed by atoms with Crippen LogP contribution in [0.5, 0.6) is 0 Å². The van der Waals surface area contributed by atoms with Crippen molar-refractivity contribution < 1.29 is 9.80 Å². The molecule has 1 rings (SSSR count). The molecule has 1 aliphatic rings. The molecular weight excluding hydrogens is 204 g/mol. The van der Waals surface area contributed by atoms with Gasteiger partial charge in [-0.05, 0) is 19.4 Å². The first-order valence-corrected chi connectivity index (χ1v) is 6.63. The molecule has 0 aromatic carbocycles. The third kappa shape index (κ3) is 4.37. The maximum atomic E-state index is 11.5. The minimum atomic E-state index is -0.349. The van der Waals surface area contributed by atoms with Crippen molar-refractivity contribution in [3.05, 3.63) is 5.21 Å². The Kier molecular flexibility index (Phi) is 6.28. The molecule has 0 spiro atoms. The first-order valence-electron chi connectivity index (χ1n) is 6.63. The van der Waals surface area contributed by atoms with Gasteiger partial charge in [0.25, 0.3) is 0 Å². The van der Waals surface area contributed by atoms with E-state index >= 15 is 0 Å². The summed E-state index contributed by atoms with van der Waals surface area (Å²) in [6.07, 6.45) is 5.61. The SMILES string of the molecule is CCCCCNC1(CCC)C[NH+]([O-])CCO1. The van der Waals surface area contributed by atoms with Gasteiger partial charge in [-0.25, -0.2) is 0 Å². The summed E-state index contributed by atoms with van der Waals surface area (Å²) in [7, 11) is 0. The minimum absolute atomic E-state index is 0.336. The molecule has 0 aliphatic carbocycles. The Hall–Kier alpha value is -0.160. The largest absolute Gasteiger partial charge is 0.634 e. The second kappa shape index (κ2) is 7.22. The number of rotatable bonds is 7. The fourth-order valence-electron chi connectivity index (χ4n) is 2.28. The van der Waals surface area contributed by atoms with Crippen LogP contribution in [0, 0.1) is 5.21 Å². The molecule has 2 unspecified atom stereocenters. The molecule has 96 valence electrons. The zero-order valence-corrected chi connectivity index (χ0v) is 10.7. The van der Waals surface area contributed by atoms with Crippen LogP contribution in [0.25, 0.3) is 0 Å². The van der Waals surface area contributed by atoms with E-state index < -0.39 is 0 Å². The number of unbranched alkanes of at least 4 members (excludes halogenated alkanes) is 2. The molecule has 4 heteroatoms. The standard InChI is InChI=1S/C12H26N2O2/c1-3-5-6-8-13-12(7-4-2)11-14(15)9-10-16-12/h13-14H,3-11H2,1-2H3. The fourth-order valence-corrected chi connectivity index (χ4v) is 2.28. The summed E-state index contributed by atoms with van der Waals surface area (Å²) in [6.45, 7) is 7.01. The summed E-state index contributed by atoms with van der Waals surface area (Å²) in [5, 5.41) is 15.3. The van der Waals surface area contributed by atoms with Crippen molar-refractivity contribution in [3.8, 4) is 0 Å². The van der Waals surface area contributed by atoms with Crippen LogP contribution in [0.4, 0.5) is 0 Å². The van der Waals surface area contributed by atoms with Crippen molar-refractivity contribution in [1.29, 1.82) is 0 Å². The summed E-state index contributed by atoms with van der Waals surface area (Å²) >= 11 is 0. The van der Waals surface area contributed by atoms with Crippen LogP contribution in [0.2, 0.25) is 0 Å². The van der Waals surface area contributed by atoms with E-state index in [1.165, 1.54) is 19.3 Å². The van der Waals surface area contributed by atoms with Crippen molar-refractivity contribution in [2.24, 2.45) is 0 Å². The topological polar surface area (TPSA) is 48.8 Å². The van der Waals surface area contributed by atoms with Crippen LogP contribution in [-0.2, 0) is 4.74 Å². The van der Waals surface area contributed by atoms with Crippen LogP contribution < -0.4 is 10.4 Å². The molecule has 4 nitrogen and oxygen atoms in total. The van der Waals surface area contributed by atoms with E-state index in [4.69, 9.17) is 4.74 Å². The molecule has 0 bridgehead atoms. The van der Waals surface area contributed by atoms with E-state index in [0.29, 0.717) is 24.8 Å². The Bertz CT molecular complexity index is 186. The monoisotopic (exact) mass is 230 g/mol. The normalized spacial score (nSPS) is 30.6. The number of morpholine rings is 1. The number of hydrogen-bond acceptors (Lipinski definition) is 3. The molecule has 1 aliphatic heterocycles. The first-order chi connectivity index (χ1) is 7.72. The summed E-state index contributed by atoms with van der Waals surface area (Å²) in [4.78, 5) is 0. The van der Waals surface area contributed by atoms with E-state index in [-0.39, 0.29) is 5.72 Å². The van der Waals surface area contributed by atoms with E-state index in [1.807, 2.05) is 0 Å². The van der Waals surface area contributed by atoms with Gasteiger partial charge < -0.3 is 15.0 Å². The van der Waals surface area contributed by atoms with Crippen molar-refractivity contribution in [2.75, 3.05) is 26.2 Å². The molecule has 0 amide bonds. The highest BCUT2D eigenvalue weighted by Gasteiger charge is 2.35.